The second-order valence-corrected chi connectivity index (χ2v) is 3.87. The van der Waals surface area contributed by atoms with Crippen molar-refractivity contribution < 1.29 is 13.6 Å². The molecular weight excluding hydrogens is 228 g/mol. The Bertz CT molecular complexity index is 472. The van der Waals surface area contributed by atoms with Crippen LogP contribution in [-0.4, -0.2) is 23.8 Å². The number of hydrogen-bond donors (Lipinski definition) is 2. The zero-order valence-corrected chi connectivity index (χ0v) is 9.13. The van der Waals surface area contributed by atoms with E-state index < -0.39 is 17.7 Å². The minimum absolute atomic E-state index is 0.0431. The maximum atomic E-state index is 13.5. The van der Waals surface area contributed by atoms with E-state index in [9.17, 15) is 13.6 Å². The van der Waals surface area contributed by atoms with Crippen LogP contribution in [0.15, 0.2) is 18.2 Å². The zero-order chi connectivity index (χ0) is 12.6. The molecular formula is C11H11F2N3O. The van der Waals surface area contributed by atoms with Crippen LogP contribution in [0.5, 0.6) is 0 Å². The fraction of sp³-hybridized carbons (Fsp3) is 0.273. The van der Waals surface area contributed by atoms with Crippen LogP contribution in [0.2, 0.25) is 0 Å². The molecule has 0 aliphatic carbocycles. The number of carbonyl (C=O) groups excluding carboxylic acids is 1. The topological polar surface area (TPSA) is 56.2 Å². The summed E-state index contributed by atoms with van der Waals surface area (Å²) in [5, 5.41) is 10.2. The average molecular weight is 239 g/mol. The molecule has 6 heteroatoms. The summed E-state index contributed by atoms with van der Waals surface area (Å²) in [7, 11) is 1.47. The third-order valence-corrected chi connectivity index (χ3v) is 2.74. The Labute approximate surface area is 96.7 Å². The monoisotopic (exact) mass is 239 g/mol. The lowest BCUT2D eigenvalue weighted by Crippen LogP contribution is -2.49. The van der Waals surface area contributed by atoms with Gasteiger partial charge in [-0.1, -0.05) is 6.07 Å². The lowest BCUT2D eigenvalue weighted by atomic mass is 10.0. The van der Waals surface area contributed by atoms with Crippen molar-refractivity contribution in [3.8, 4) is 0 Å². The first kappa shape index (κ1) is 11.5. The Morgan fingerprint density at radius 3 is 2.76 bits per heavy atom. The summed E-state index contributed by atoms with van der Waals surface area (Å²) in [6.45, 7) is 0. The molecule has 1 aliphatic heterocycles. The van der Waals surface area contributed by atoms with E-state index in [0.29, 0.717) is 0 Å². The summed E-state index contributed by atoms with van der Waals surface area (Å²) in [4.78, 5) is 12.7. The van der Waals surface area contributed by atoms with Gasteiger partial charge in [-0.05, 0) is 6.07 Å². The minimum Gasteiger partial charge on any atom is -0.349 e. The van der Waals surface area contributed by atoms with Crippen LogP contribution in [0.4, 0.5) is 8.78 Å². The second-order valence-electron chi connectivity index (χ2n) is 3.87. The van der Waals surface area contributed by atoms with Crippen molar-refractivity contribution in [1.82, 2.24) is 10.2 Å². The smallest absolute Gasteiger partial charge is 0.231 e. The fourth-order valence-electron chi connectivity index (χ4n) is 1.72. The molecule has 0 saturated carbocycles. The van der Waals surface area contributed by atoms with Crippen molar-refractivity contribution in [3.05, 3.63) is 35.4 Å². The summed E-state index contributed by atoms with van der Waals surface area (Å²) in [6, 6.07) is 2.57. The number of guanidine groups is 1. The third kappa shape index (κ3) is 2.11. The highest BCUT2D eigenvalue weighted by Crippen LogP contribution is 2.24. The van der Waals surface area contributed by atoms with Crippen molar-refractivity contribution in [2.24, 2.45) is 0 Å². The van der Waals surface area contributed by atoms with Gasteiger partial charge in [-0.3, -0.25) is 15.1 Å². The van der Waals surface area contributed by atoms with Gasteiger partial charge in [0.2, 0.25) is 5.91 Å². The van der Waals surface area contributed by atoms with Gasteiger partial charge < -0.3 is 5.32 Å². The minimum atomic E-state index is -0.715. The van der Waals surface area contributed by atoms with Crippen molar-refractivity contribution in [3.63, 3.8) is 0 Å². The SMILES string of the molecule is CN1C(=N)N[C@H](c2ccc(F)cc2F)CC1=O. The van der Waals surface area contributed by atoms with Crippen molar-refractivity contribution in [2.45, 2.75) is 12.5 Å². The first-order chi connectivity index (χ1) is 7.99. The molecule has 1 heterocycles. The number of benzene rings is 1. The Balaban J connectivity index is 2.29. The summed E-state index contributed by atoms with van der Waals surface area (Å²) < 4.78 is 26.3. The fourth-order valence-corrected chi connectivity index (χ4v) is 1.72. The molecule has 1 fully saturated rings. The summed E-state index contributed by atoms with van der Waals surface area (Å²) >= 11 is 0. The van der Waals surface area contributed by atoms with E-state index in [2.05, 4.69) is 5.32 Å². The Hall–Kier alpha value is -1.98. The number of nitrogens with one attached hydrogen (secondary N) is 2. The van der Waals surface area contributed by atoms with Crippen molar-refractivity contribution in [1.29, 1.82) is 5.41 Å². The molecule has 1 aliphatic rings. The molecule has 90 valence electrons. The third-order valence-electron chi connectivity index (χ3n) is 2.74. The molecule has 2 rings (SSSR count). The summed E-state index contributed by atoms with van der Waals surface area (Å²) in [5.41, 5.74) is 0.192. The highest BCUT2D eigenvalue weighted by atomic mass is 19.1. The van der Waals surface area contributed by atoms with Crippen LogP contribution in [0.25, 0.3) is 0 Å². The summed E-state index contributed by atoms with van der Waals surface area (Å²) in [6.07, 6.45) is 0.0431. The molecule has 0 spiro atoms. The van der Waals surface area contributed by atoms with E-state index in [0.717, 1.165) is 17.0 Å². The van der Waals surface area contributed by atoms with E-state index in [1.807, 2.05) is 0 Å². The molecule has 0 radical (unpaired) electrons. The largest absolute Gasteiger partial charge is 0.349 e. The molecule has 1 amide bonds. The van der Waals surface area contributed by atoms with Gasteiger partial charge in [0.05, 0.1) is 12.5 Å². The maximum Gasteiger partial charge on any atom is 0.231 e. The van der Waals surface area contributed by atoms with Crippen molar-refractivity contribution >= 4 is 11.9 Å². The first-order valence-electron chi connectivity index (χ1n) is 5.05. The number of hydrogen-bond acceptors (Lipinski definition) is 2. The van der Waals surface area contributed by atoms with Crippen LogP contribution in [-0.2, 0) is 4.79 Å². The van der Waals surface area contributed by atoms with Gasteiger partial charge in [-0.15, -0.1) is 0 Å². The molecule has 0 bridgehead atoms. The Morgan fingerprint density at radius 2 is 2.18 bits per heavy atom. The molecule has 1 aromatic rings. The molecule has 0 unspecified atom stereocenters. The van der Waals surface area contributed by atoms with Gasteiger partial charge in [0.1, 0.15) is 11.6 Å². The van der Waals surface area contributed by atoms with E-state index >= 15 is 0 Å². The van der Waals surface area contributed by atoms with E-state index in [1.165, 1.54) is 13.1 Å². The zero-order valence-electron chi connectivity index (χ0n) is 9.13. The highest BCUT2D eigenvalue weighted by molar-refractivity contribution is 5.98. The van der Waals surface area contributed by atoms with Gasteiger partial charge in [0.25, 0.3) is 0 Å². The number of amides is 1. The van der Waals surface area contributed by atoms with Gasteiger partial charge in [-0.2, -0.15) is 0 Å². The molecule has 1 saturated heterocycles. The maximum absolute atomic E-state index is 13.5. The van der Waals surface area contributed by atoms with Crippen LogP contribution < -0.4 is 5.32 Å². The lowest BCUT2D eigenvalue weighted by molar-refractivity contribution is -0.128. The van der Waals surface area contributed by atoms with E-state index in [4.69, 9.17) is 5.41 Å². The quantitative estimate of drug-likeness (QED) is 0.778. The van der Waals surface area contributed by atoms with Crippen LogP contribution in [0, 0.1) is 17.0 Å². The predicted molar refractivity (Wildman–Crippen MR) is 57.3 cm³/mol. The molecule has 17 heavy (non-hydrogen) atoms. The molecule has 1 atom stereocenters. The summed E-state index contributed by atoms with van der Waals surface area (Å²) in [5.74, 6) is -1.74. The van der Waals surface area contributed by atoms with Gasteiger partial charge in [0.15, 0.2) is 5.96 Å². The van der Waals surface area contributed by atoms with Crippen LogP contribution in [0.3, 0.4) is 0 Å². The van der Waals surface area contributed by atoms with Gasteiger partial charge >= 0.3 is 0 Å². The van der Waals surface area contributed by atoms with Crippen molar-refractivity contribution in [2.75, 3.05) is 7.05 Å². The molecule has 4 nitrogen and oxygen atoms in total. The van der Waals surface area contributed by atoms with Gasteiger partial charge in [0, 0.05) is 18.7 Å². The van der Waals surface area contributed by atoms with E-state index in [1.54, 1.807) is 0 Å². The molecule has 0 aromatic heterocycles. The predicted octanol–water partition coefficient (Wildman–Crippen LogP) is 1.39. The van der Waals surface area contributed by atoms with E-state index in [-0.39, 0.29) is 23.9 Å². The Morgan fingerprint density at radius 1 is 1.47 bits per heavy atom. The first-order valence-corrected chi connectivity index (χ1v) is 5.05. The number of nitrogens with zero attached hydrogens (tertiary/aromatic N) is 1. The molecule has 2 N–H and O–H groups in total. The number of carbonyl (C=O) groups is 1. The van der Waals surface area contributed by atoms with Crippen LogP contribution >= 0.6 is 0 Å². The standard InChI is InChI=1S/C11H11F2N3O/c1-16-10(17)5-9(15-11(16)14)7-3-2-6(12)4-8(7)13/h2-4,9H,5H2,1H3,(H2,14,15)/t9-/m0/s1. The lowest BCUT2D eigenvalue weighted by Gasteiger charge is -2.31. The molecule has 1 aromatic carbocycles. The van der Waals surface area contributed by atoms with Crippen LogP contribution in [0.1, 0.15) is 18.0 Å². The highest BCUT2D eigenvalue weighted by Gasteiger charge is 2.29. The Kier molecular flexibility index (Phi) is 2.79. The second kappa shape index (κ2) is 4.12. The average Bonchev–Trinajstić information content (AvgIpc) is 2.25. The van der Waals surface area contributed by atoms with Gasteiger partial charge in [-0.25, -0.2) is 8.78 Å². The normalized spacial score (nSPS) is 20.4. The number of halogens is 2. The number of rotatable bonds is 1.